The summed E-state index contributed by atoms with van der Waals surface area (Å²) >= 11 is 0. The number of carbonyl (C=O) groups is 2. The molecule has 0 bridgehead atoms. The van der Waals surface area contributed by atoms with E-state index >= 15 is 0 Å². The Kier molecular flexibility index (Phi) is 4.20. The zero-order valence-electron chi connectivity index (χ0n) is 8.71. The third-order valence-corrected chi connectivity index (χ3v) is 1.69. The van der Waals surface area contributed by atoms with Gasteiger partial charge in [0, 0.05) is 18.5 Å². The Bertz CT molecular complexity index is 426. The Hall–Kier alpha value is -2.17. The lowest BCUT2D eigenvalue weighted by atomic mass is 10.2. The third-order valence-electron chi connectivity index (χ3n) is 1.69. The fourth-order valence-electron chi connectivity index (χ4n) is 1.04. The van der Waals surface area contributed by atoms with Crippen LogP contribution in [0.3, 0.4) is 0 Å². The van der Waals surface area contributed by atoms with E-state index in [2.05, 4.69) is 4.98 Å². The number of rotatable bonds is 4. The van der Waals surface area contributed by atoms with Gasteiger partial charge in [-0.2, -0.15) is 0 Å². The van der Waals surface area contributed by atoms with E-state index in [4.69, 9.17) is 9.84 Å². The van der Waals surface area contributed by atoms with Crippen molar-refractivity contribution in [1.29, 1.82) is 0 Å². The zero-order chi connectivity index (χ0) is 12.0. The maximum Gasteiger partial charge on any atom is 0.339 e. The van der Waals surface area contributed by atoms with Gasteiger partial charge in [-0.3, -0.25) is 4.98 Å². The lowest BCUT2D eigenvalue weighted by Gasteiger charge is -2.01. The number of hydrogen-bond donors (Lipinski definition) is 1. The highest BCUT2D eigenvalue weighted by Crippen LogP contribution is 2.06. The molecule has 0 radical (unpaired) electrons. The molecule has 0 aromatic carbocycles. The molecule has 0 aliphatic heterocycles. The maximum absolute atomic E-state index is 11.3. The first-order valence-electron chi connectivity index (χ1n) is 4.66. The van der Waals surface area contributed by atoms with Crippen molar-refractivity contribution < 1.29 is 19.4 Å². The first kappa shape index (κ1) is 11.9. The normalized spacial score (nSPS) is 10.3. The molecule has 1 heterocycles. The van der Waals surface area contributed by atoms with Crippen LogP contribution in [0, 0.1) is 0 Å². The molecule has 0 saturated carbocycles. The van der Waals surface area contributed by atoms with Gasteiger partial charge in [0.15, 0.2) is 0 Å². The van der Waals surface area contributed by atoms with Crippen molar-refractivity contribution >= 4 is 18.0 Å². The van der Waals surface area contributed by atoms with Crippen LogP contribution in [0.2, 0.25) is 0 Å². The van der Waals surface area contributed by atoms with Crippen LogP contribution in [-0.4, -0.2) is 28.6 Å². The zero-order valence-corrected chi connectivity index (χ0v) is 8.71. The molecule has 0 atom stereocenters. The topological polar surface area (TPSA) is 76.5 Å². The molecule has 1 aromatic heterocycles. The standard InChI is InChI=1S/C11H11NO4/c1-2-16-11(15)9-5-8(6-12-7-9)3-4-10(13)14/h3-7H,2H2,1H3,(H,13,14)/b4-3-. The van der Waals surface area contributed by atoms with Crippen LogP contribution < -0.4 is 0 Å². The number of carboxylic acids is 1. The van der Waals surface area contributed by atoms with Gasteiger partial charge >= 0.3 is 11.9 Å². The predicted octanol–water partition coefficient (Wildman–Crippen LogP) is 1.36. The summed E-state index contributed by atoms with van der Waals surface area (Å²) in [5.41, 5.74) is 0.836. The molecule has 0 saturated heterocycles. The quantitative estimate of drug-likeness (QED) is 0.613. The fourth-order valence-corrected chi connectivity index (χ4v) is 1.04. The molecule has 5 heteroatoms. The number of aliphatic carboxylic acids is 1. The Labute approximate surface area is 92.4 Å². The molecule has 0 aliphatic rings. The van der Waals surface area contributed by atoms with Crippen molar-refractivity contribution in [3.05, 3.63) is 35.7 Å². The van der Waals surface area contributed by atoms with Gasteiger partial charge < -0.3 is 9.84 Å². The Morgan fingerprint density at radius 1 is 1.50 bits per heavy atom. The highest BCUT2D eigenvalue weighted by Gasteiger charge is 2.06. The molecule has 5 nitrogen and oxygen atoms in total. The van der Waals surface area contributed by atoms with E-state index in [0.717, 1.165) is 6.08 Å². The lowest BCUT2D eigenvalue weighted by molar-refractivity contribution is -0.131. The molecule has 0 fully saturated rings. The Balaban J connectivity index is 2.86. The molecule has 1 aromatic rings. The van der Waals surface area contributed by atoms with Crippen molar-refractivity contribution in [2.24, 2.45) is 0 Å². The summed E-state index contributed by atoms with van der Waals surface area (Å²) in [5.74, 6) is -1.53. The summed E-state index contributed by atoms with van der Waals surface area (Å²) in [6.07, 6.45) is 5.17. The molecule has 1 rings (SSSR count). The number of hydrogen-bond acceptors (Lipinski definition) is 4. The molecule has 16 heavy (non-hydrogen) atoms. The van der Waals surface area contributed by atoms with E-state index in [1.165, 1.54) is 24.5 Å². The second kappa shape index (κ2) is 5.65. The summed E-state index contributed by atoms with van der Waals surface area (Å²) in [5, 5.41) is 8.44. The first-order valence-corrected chi connectivity index (χ1v) is 4.66. The first-order chi connectivity index (χ1) is 7.63. The van der Waals surface area contributed by atoms with Gasteiger partial charge in [0.25, 0.3) is 0 Å². The highest BCUT2D eigenvalue weighted by molar-refractivity contribution is 5.90. The molecule has 0 unspecified atom stereocenters. The second-order valence-corrected chi connectivity index (χ2v) is 2.90. The molecule has 1 N–H and O–H groups in total. The van der Waals surface area contributed by atoms with Crippen LogP contribution >= 0.6 is 0 Å². The summed E-state index contributed by atoms with van der Waals surface area (Å²) < 4.78 is 4.79. The van der Waals surface area contributed by atoms with Gasteiger partial charge in [-0.05, 0) is 24.6 Å². The average Bonchev–Trinajstić information content (AvgIpc) is 2.27. The molecule has 84 valence electrons. The molecule has 0 spiro atoms. The van der Waals surface area contributed by atoms with Gasteiger partial charge in [-0.1, -0.05) is 0 Å². The van der Waals surface area contributed by atoms with E-state index in [1.807, 2.05) is 0 Å². The minimum Gasteiger partial charge on any atom is -0.478 e. The third kappa shape index (κ3) is 3.53. The van der Waals surface area contributed by atoms with E-state index in [1.54, 1.807) is 6.92 Å². The van der Waals surface area contributed by atoms with Crippen molar-refractivity contribution in [1.82, 2.24) is 4.98 Å². The highest BCUT2D eigenvalue weighted by atomic mass is 16.5. The van der Waals surface area contributed by atoms with Gasteiger partial charge in [0.05, 0.1) is 12.2 Å². The van der Waals surface area contributed by atoms with Crippen molar-refractivity contribution in [2.45, 2.75) is 6.92 Å². The molecule has 0 aliphatic carbocycles. The van der Waals surface area contributed by atoms with E-state index in [9.17, 15) is 9.59 Å². The molecular formula is C11H11NO4. The van der Waals surface area contributed by atoms with Crippen LogP contribution in [0.25, 0.3) is 6.08 Å². The van der Waals surface area contributed by atoms with Gasteiger partial charge in [-0.25, -0.2) is 9.59 Å². The minimum atomic E-state index is -1.05. The van der Waals surface area contributed by atoms with Crippen molar-refractivity contribution in [3.8, 4) is 0 Å². The van der Waals surface area contributed by atoms with Gasteiger partial charge in [-0.15, -0.1) is 0 Å². The SMILES string of the molecule is CCOC(=O)c1cncc(/C=C\C(=O)O)c1. The van der Waals surface area contributed by atoms with Crippen LogP contribution in [0.1, 0.15) is 22.8 Å². The number of ether oxygens (including phenoxy) is 1. The van der Waals surface area contributed by atoms with Crippen LogP contribution in [-0.2, 0) is 9.53 Å². The average molecular weight is 221 g/mol. The van der Waals surface area contributed by atoms with Crippen LogP contribution in [0.5, 0.6) is 0 Å². The lowest BCUT2D eigenvalue weighted by Crippen LogP contribution is -2.05. The molecular weight excluding hydrogens is 210 g/mol. The predicted molar refractivity (Wildman–Crippen MR) is 56.9 cm³/mol. The summed E-state index contributed by atoms with van der Waals surface area (Å²) in [4.78, 5) is 25.4. The largest absolute Gasteiger partial charge is 0.478 e. The number of aromatic nitrogens is 1. The number of nitrogens with zero attached hydrogens (tertiary/aromatic N) is 1. The van der Waals surface area contributed by atoms with Gasteiger partial charge in [0.2, 0.25) is 0 Å². The van der Waals surface area contributed by atoms with E-state index in [0.29, 0.717) is 11.1 Å². The smallest absolute Gasteiger partial charge is 0.339 e. The summed E-state index contributed by atoms with van der Waals surface area (Å²) in [6, 6.07) is 1.52. The van der Waals surface area contributed by atoms with E-state index in [-0.39, 0.29) is 6.61 Å². The Morgan fingerprint density at radius 2 is 2.25 bits per heavy atom. The number of pyridine rings is 1. The minimum absolute atomic E-state index is 0.286. The maximum atomic E-state index is 11.3. The summed E-state index contributed by atoms with van der Waals surface area (Å²) in [6.45, 7) is 1.99. The van der Waals surface area contributed by atoms with E-state index < -0.39 is 11.9 Å². The molecule has 0 amide bonds. The Morgan fingerprint density at radius 3 is 2.88 bits per heavy atom. The number of carboxylic acid groups (broad SMARTS) is 1. The number of esters is 1. The summed E-state index contributed by atoms with van der Waals surface area (Å²) in [7, 11) is 0. The van der Waals surface area contributed by atoms with Gasteiger partial charge in [0.1, 0.15) is 0 Å². The monoisotopic (exact) mass is 221 g/mol. The van der Waals surface area contributed by atoms with Crippen LogP contribution in [0.15, 0.2) is 24.5 Å². The van der Waals surface area contributed by atoms with Crippen molar-refractivity contribution in [3.63, 3.8) is 0 Å². The van der Waals surface area contributed by atoms with Crippen molar-refractivity contribution in [2.75, 3.05) is 6.61 Å². The number of carbonyl (C=O) groups excluding carboxylic acids is 1. The van der Waals surface area contributed by atoms with Crippen LogP contribution in [0.4, 0.5) is 0 Å². The fraction of sp³-hybridized carbons (Fsp3) is 0.182. The second-order valence-electron chi connectivity index (χ2n) is 2.90.